The first kappa shape index (κ1) is 8.82. The van der Waals surface area contributed by atoms with E-state index in [0.717, 1.165) is 0 Å². The van der Waals surface area contributed by atoms with Crippen LogP contribution in [-0.2, 0) is 9.59 Å². The largest absolute Gasteiger partial charge is 0.291 e. The minimum atomic E-state index is -0.343. The molecule has 3 heteroatoms. The molecule has 0 aliphatic carbocycles. The summed E-state index contributed by atoms with van der Waals surface area (Å²) in [4.78, 5) is 21.3. The molecule has 0 aliphatic rings. The van der Waals surface area contributed by atoms with Crippen molar-refractivity contribution in [3.63, 3.8) is 0 Å². The summed E-state index contributed by atoms with van der Waals surface area (Å²) in [5.41, 5.74) is 0. The van der Waals surface area contributed by atoms with Crippen LogP contribution < -0.4 is 0 Å². The van der Waals surface area contributed by atoms with Crippen LogP contribution in [0.25, 0.3) is 0 Å². The first-order chi connectivity index (χ1) is 4.09. The zero-order chi connectivity index (χ0) is 7.44. The van der Waals surface area contributed by atoms with Crippen LogP contribution in [0.3, 0.4) is 0 Å². The number of hydrogen-bond donors (Lipinski definition) is 0. The summed E-state index contributed by atoms with van der Waals surface area (Å²) in [7, 11) is 0. The van der Waals surface area contributed by atoms with Gasteiger partial charge in [0.25, 0.3) is 0 Å². The topological polar surface area (TPSA) is 34.1 Å². The second-order valence-electron chi connectivity index (χ2n) is 2.08. The van der Waals surface area contributed by atoms with E-state index < -0.39 is 0 Å². The van der Waals surface area contributed by atoms with Gasteiger partial charge in [-0.05, 0) is 0 Å². The SMILES string of the molecule is CC(C)C(=O)C(=O)CBr. The minimum absolute atomic E-state index is 0.143. The van der Waals surface area contributed by atoms with Crippen molar-refractivity contribution < 1.29 is 9.59 Å². The predicted molar refractivity (Wildman–Crippen MR) is 38.6 cm³/mol. The fourth-order valence-electron chi connectivity index (χ4n) is 0.388. The fraction of sp³-hybridized carbons (Fsp3) is 0.667. The number of carbonyl (C=O) groups excluding carboxylic acids is 2. The monoisotopic (exact) mass is 192 g/mol. The van der Waals surface area contributed by atoms with Gasteiger partial charge in [0.1, 0.15) is 0 Å². The third-order valence-electron chi connectivity index (χ3n) is 0.921. The van der Waals surface area contributed by atoms with E-state index >= 15 is 0 Å². The fourth-order valence-corrected chi connectivity index (χ4v) is 0.664. The van der Waals surface area contributed by atoms with Crippen LogP contribution in [0.2, 0.25) is 0 Å². The molecule has 0 amide bonds. The van der Waals surface area contributed by atoms with Crippen molar-refractivity contribution in [2.75, 3.05) is 5.33 Å². The van der Waals surface area contributed by atoms with Crippen molar-refractivity contribution in [1.29, 1.82) is 0 Å². The van der Waals surface area contributed by atoms with Crippen molar-refractivity contribution in [2.45, 2.75) is 13.8 Å². The highest BCUT2D eigenvalue weighted by Gasteiger charge is 2.14. The highest BCUT2D eigenvalue weighted by molar-refractivity contribution is 9.09. The first-order valence-electron chi connectivity index (χ1n) is 2.72. The van der Waals surface area contributed by atoms with Crippen LogP contribution in [0.4, 0.5) is 0 Å². The molecule has 0 saturated carbocycles. The molecule has 0 fully saturated rings. The van der Waals surface area contributed by atoms with E-state index in [2.05, 4.69) is 15.9 Å². The molecule has 0 aromatic carbocycles. The molecule has 0 aliphatic heterocycles. The maximum atomic E-state index is 10.7. The summed E-state index contributed by atoms with van der Waals surface area (Å²) in [6.45, 7) is 3.42. The molecular formula is C6H9BrO2. The molecule has 0 rings (SSSR count). The number of ketones is 2. The maximum absolute atomic E-state index is 10.7. The number of Topliss-reactive ketones (excluding diaryl/α,β-unsaturated/α-hetero) is 2. The molecule has 9 heavy (non-hydrogen) atoms. The number of hydrogen-bond acceptors (Lipinski definition) is 2. The van der Waals surface area contributed by atoms with Crippen molar-refractivity contribution >= 4 is 27.5 Å². The van der Waals surface area contributed by atoms with E-state index in [0.29, 0.717) is 0 Å². The van der Waals surface area contributed by atoms with Gasteiger partial charge in [-0.1, -0.05) is 29.8 Å². The van der Waals surface area contributed by atoms with E-state index in [1.807, 2.05) is 0 Å². The summed E-state index contributed by atoms with van der Waals surface area (Å²) in [6.07, 6.45) is 0. The first-order valence-corrected chi connectivity index (χ1v) is 3.84. The van der Waals surface area contributed by atoms with Gasteiger partial charge in [-0.3, -0.25) is 9.59 Å². The summed E-state index contributed by atoms with van der Waals surface area (Å²) in [5, 5.41) is 0.143. The van der Waals surface area contributed by atoms with Gasteiger partial charge < -0.3 is 0 Å². The molecule has 0 aromatic heterocycles. The molecule has 0 radical (unpaired) electrons. The van der Waals surface area contributed by atoms with Gasteiger partial charge in [-0.2, -0.15) is 0 Å². The quantitative estimate of drug-likeness (QED) is 0.498. The molecule has 2 nitrogen and oxygen atoms in total. The number of carbonyl (C=O) groups is 2. The molecule has 0 atom stereocenters. The number of rotatable bonds is 3. The summed E-state index contributed by atoms with van der Waals surface area (Å²) >= 11 is 2.91. The summed E-state index contributed by atoms with van der Waals surface area (Å²) < 4.78 is 0. The van der Waals surface area contributed by atoms with Crippen LogP contribution in [-0.4, -0.2) is 16.9 Å². The van der Waals surface area contributed by atoms with Gasteiger partial charge >= 0.3 is 0 Å². The second-order valence-corrected chi connectivity index (χ2v) is 2.64. The summed E-state index contributed by atoms with van der Waals surface area (Å²) in [6, 6.07) is 0. The summed E-state index contributed by atoms with van der Waals surface area (Å²) in [5.74, 6) is -0.813. The zero-order valence-corrected chi connectivity index (χ0v) is 7.06. The van der Waals surface area contributed by atoms with Gasteiger partial charge in [0.15, 0.2) is 0 Å². The normalized spacial score (nSPS) is 9.78. The van der Waals surface area contributed by atoms with Gasteiger partial charge in [0.2, 0.25) is 11.6 Å². The average Bonchev–Trinajstić information content (AvgIpc) is 1.84. The highest BCUT2D eigenvalue weighted by Crippen LogP contribution is 1.96. The highest BCUT2D eigenvalue weighted by atomic mass is 79.9. The Bertz CT molecular complexity index is 129. The van der Waals surface area contributed by atoms with Crippen LogP contribution in [0.1, 0.15) is 13.8 Å². The Kier molecular flexibility index (Phi) is 3.70. The van der Waals surface area contributed by atoms with Crippen molar-refractivity contribution in [1.82, 2.24) is 0 Å². The van der Waals surface area contributed by atoms with Crippen molar-refractivity contribution in [3.8, 4) is 0 Å². The van der Waals surface area contributed by atoms with Gasteiger partial charge in [0, 0.05) is 5.92 Å². The molecule has 0 N–H and O–H groups in total. The molecule has 0 heterocycles. The molecule has 0 unspecified atom stereocenters. The van der Waals surface area contributed by atoms with Gasteiger partial charge in [-0.15, -0.1) is 0 Å². The molecule has 0 bridgehead atoms. The van der Waals surface area contributed by atoms with Gasteiger partial charge in [0.05, 0.1) is 5.33 Å². The maximum Gasteiger partial charge on any atom is 0.209 e. The van der Waals surface area contributed by atoms with E-state index in [-0.39, 0.29) is 22.8 Å². The van der Waals surface area contributed by atoms with Crippen LogP contribution >= 0.6 is 15.9 Å². The van der Waals surface area contributed by atoms with Crippen LogP contribution in [0, 0.1) is 5.92 Å². The van der Waals surface area contributed by atoms with Crippen LogP contribution in [0.5, 0.6) is 0 Å². The molecule has 0 spiro atoms. The predicted octanol–water partition coefficient (Wildman–Crippen LogP) is 1.18. The lowest BCUT2D eigenvalue weighted by atomic mass is 10.1. The smallest absolute Gasteiger partial charge is 0.209 e. The Morgan fingerprint density at radius 2 is 1.89 bits per heavy atom. The molecule has 0 aromatic rings. The number of alkyl halides is 1. The van der Waals surface area contributed by atoms with E-state index in [9.17, 15) is 9.59 Å². The molecule has 52 valence electrons. The van der Waals surface area contributed by atoms with E-state index in [4.69, 9.17) is 0 Å². The Morgan fingerprint density at radius 3 is 2.00 bits per heavy atom. The Hall–Kier alpha value is -0.180. The molecule has 0 saturated heterocycles. The lowest BCUT2D eigenvalue weighted by molar-refractivity contribution is -0.136. The minimum Gasteiger partial charge on any atom is -0.291 e. The Morgan fingerprint density at radius 1 is 1.44 bits per heavy atom. The lowest BCUT2D eigenvalue weighted by Crippen LogP contribution is -2.20. The molecular weight excluding hydrogens is 184 g/mol. The van der Waals surface area contributed by atoms with E-state index in [1.54, 1.807) is 13.8 Å². The van der Waals surface area contributed by atoms with E-state index in [1.165, 1.54) is 0 Å². The average molecular weight is 193 g/mol. The van der Waals surface area contributed by atoms with Crippen LogP contribution in [0.15, 0.2) is 0 Å². The third kappa shape index (κ3) is 2.75. The lowest BCUT2D eigenvalue weighted by Gasteiger charge is -1.97. The zero-order valence-electron chi connectivity index (χ0n) is 5.48. The Labute approximate surface area is 62.8 Å². The third-order valence-corrected chi connectivity index (χ3v) is 1.43. The Balaban J connectivity index is 3.89. The second kappa shape index (κ2) is 3.77. The van der Waals surface area contributed by atoms with Gasteiger partial charge in [-0.25, -0.2) is 0 Å². The van der Waals surface area contributed by atoms with Crippen molar-refractivity contribution in [3.05, 3.63) is 0 Å². The van der Waals surface area contributed by atoms with Crippen molar-refractivity contribution in [2.24, 2.45) is 5.92 Å². The number of halogens is 1. The standard InChI is InChI=1S/C6H9BrO2/c1-4(2)6(9)5(8)3-7/h4H,3H2,1-2H3.